The van der Waals surface area contributed by atoms with Crippen LogP contribution < -0.4 is 10.1 Å². The Morgan fingerprint density at radius 3 is 2.52 bits per heavy atom. The maximum atomic E-state index is 12.0. The van der Waals surface area contributed by atoms with Gasteiger partial charge in [-0.1, -0.05) is 38.1 Å². The van der Waals surface area contributed by atoms with Crippen LogP contribution in [0.15, 0.2) is 48.5 Å². The molecule has 0 atom stereocenters. The highest BCUT2D eigenvalue weighted by Gasteiger charge is 2.05. The number of carbonyl (C=O) groups excluding carboxylic acids is 1. The van der Waals surface area contributed by atoms with E-state index >= 15 is 0 Å². The number of nitrogens with one attached hydrogen (secondary N) is 1. The molecule has 0 unspecified atom stereocenters. The molecule has 1 amide bonds. The quantitative estimate of drug-likeness (QED) is 0.841. The predicted molar refractivity (Wildman–Crippen MR) is 91.8 cm³/mol. The summed E-state index contributed by atoms with van der Waals surface area (Å²) in [4.78, 5) is 12.0. The largest absolute Gasteiger partial charge is 0.484 e. The smallest absolute Gasteiger partial charge is 0.262 e. The van der Waals surface area contributed by atoms with Crippen molar-refractivity contribution in [3.05, 3.63) is 59.7 Å². The van der Waals surface area contributed by atoms with Crippen molar-refractivity contribution in [2.75, 3.05) is 19.0 Å². The van der Waals surface area contributed by atoms with E-state index in [0.29, 0.717) is 18.3 Å². The summed E-state index contributed by atoms with van der Waals surface area (Å²) in [6.07, 6.45) is 0. The molecule has 23 heavy (non-hydrogen) atoms. The van der Waals surface area contributed by atoms with Crippen LogP contribution in [0.3, 0.4) is 0 Å². The van der Waals surface area contributed by atoms with Crippen molar-refractivity contribution in [2.24, 2.45) is 0 Å². The number of anilines is 1. The fourth-order valence-electron chi connectivity index (χ4n) is 2.20. The molecule has 122 valence electrons. The molecule has 0 aliphatic carbocycles. The number of benzene rings is 2. The summed E-state index contributed by atoms with van der Waals surface area (Å²) in [6.45, 7) is 4.78. The first-order valence-electron chi connectivity index (χ1n) is 7.69. The van der Waals surface area contributed by atoms with Crippen molar-refractivity contribution < 1.29 is 14.3 Å². The third-order valence-electron chi connectivity index (χ3n) is 3.44. The molecule has 4 heteroatoms. The van der Waals surface area contributed by atoms with Gasteiger partial charge in [-0.15, -0.1) is 0 Å². The zero-order valence-electron chi connectivity index (χ0n) is 13.8. The number of methoxy groups -OCH3 is 1. The molecule has 0 saturated heterocycles. The highest BCUT2D eigenvalue weighted by atomic mass is 16.5. The predicted octanol–water partition coefficient (Wildman–Crippen LogP) is 3.97. The van der Waals surface area contributed by atoms with Crippen molar-refractivity contribution in [3.63, 3.8) is 0 Å². The third-order valence-corrected chi connectivity index (χ3v) is 3.44. The minimum absolute atomic E-state index is 0.0183. The topological polar surface area (TPSA) is 47.6 Å². The van der Waals surface area contributed by atoms with Crippen LogP contribution in [-0.4, -0.2) is 19.6 Å². The summed E-state index contributed by atoms with van der Waals surface area (Å²) in [5.74, 6) is 0.983. The molecule has 0 aliphatic rings. The van der Waals surface area contributed by atoms with Crippen molar-refractivity contribution >= 4 is 11.6 Å². The lowest BCUT2D eigenvalue weighted by atomic mass is 10.0. The van der Waals surface area contributed by atoms with Gasteiger partial charge in [-0.05, 0) is 41.3 Å². The number of rotatable bonds is 7. The lowest BCUT2D eigenvalue weighted by molar-refractivity contribution is -0.118. The normalized spacial score (nSPS) is 10.6. The monoisotopic (exact) mass is 313 g/mol. The summed E-state index contributed by atoms with van der Waals surface area (Å²) in [5, 5.41) is 2.82. The van der Waals surface area contributed by atoms with E-state index in [1.54, 1.807) is 7.11 Å². The summed E-state index contributed by atoms with van der Waals surface area (Å²) in [7, 11) is 1.64. The summed E-state index contributed by atoms with van der Waals surface area (Å²) < 4.78 is 10.6. The Bertz CT molecular complexity index is 635. The van der Waals surface area contributed by atoms with E-state index in [4.69, 9.17) is 9.47 Å². The number of amides is 1. The van der Waals surface area contributed by atoms with Crippen LogP contribution in [0.2, 0.25) is 0 Å². The van der Waals surface area contributed by atoms with E-state index < -0.39 is 0 Å². The fraction of sp³-hybridized carbons (Fsp3) is 0.316. The van der Waals surface area contributed by atoms with Gasteiger partial charge >= 0.3 is 0 Å². The van der Waals surface area contributed by atoms with Crippen LogP contribution in [0, 0.1) is 0 Å². The highest BCUT2D eigenvalue weighted by molar-refractivity contribution is 5.91. The van der Waals surface area contributed by atoms with Crippen LogP contribution in [0.4, 0.5) is 5.69 Å². The van der Waals surface area contributed by atoms with E-state index in [1.807, 2.05) is 48.5 Å². The Hall–Kier alpha value is -2.33. The highest BCUT2D eigenvalue weighted by Crippen LogP contribution is 2.18. The first-order chi connectivity index (χ1) is 11.1. The minimum Gasteiger partial charge on any atom is -0.484 e. The van der Waals surface area contributed by atoms with Gasteiger partial charge in [0.1, 0.15) is 5.75 Å². The van der Waals surface area contributed by atoms with Crippen LogP contribution in [0.1, 0.15) is 30.9 Å². The minimum atomic E-state index is -0.187. The molecule has 0 aromatic heterocycles. The average molecular weight is 313 g/mol. The zero-order valence-corrected chi connectivity index (χ0v) is 13.8. The van der Waals surface area contributed by atoms with Crippen molar-refractivity contribution in [3.8, 4) is 5.75 Å². The molecule has 0 fully saturated rings. The van der Waals surface area contributed by atoms with Gasteiger partial charge in [0.2, 0.25) is 0 Å². The number of hydrogen-bond donors (Lipinski definition) is 1. The Labute approximate surface area is 137 Å². The molecular formula is C19H23NO3. The second-order valence-electron chi connectivity index (χ2n) is 5.69. The van der Waals surface area contributed by atoms with Crippen LogP contribution >= 0.6 is 0 Å². The van der Waals surface area contributed by atoms with Crippen LogP contribution in [0.25, 0.3) is 0 Å². The number of ether oxygens (including phenoxy) is 2. The van der Waals surface area contributed by atoms with E-state index in [-0.39, 0.29) is 12.5 Å². The third kappa shape index (κ3) is 5.42. The molecule has 0 heterocycles. The average Bonchev–Trinajstić information content (AvgIpc) is 2.54. The molecule has 2 aromatic carbocycles. The van der Waals surface area contributed by atoms with Gasteiger partial charge in [0.05, 0.1) is 6.61 Å². The van der Waals surface area contributed by atoms with Crippen LogP contribution in [-0.2, 0) is 16.1 Å². The Morgan fingerprint density at radius 2 is 1.87 bits per heavy atom. The fourth-order valence-corrected chi connectivity index (χ4v) is 2.20. The van der Waals surface area contributed by atoms with Gasteiger partial charge < -0.3 is 14.8 Å². The molecule has 1 N–H and O–H groups in total. The lowest BCUT2D eigenvalue weighted by Crippen LogP contribution is -2.20. The van der Waals surface area contributed by atoms with Gasteiger partial charge in [-0.2, -0.15) is 0 Å². The standard InChI is InChI=1S/C19H23NO3/c1-14(2)16-7-9-18(10-8-16)23-13-19(21)20-17-6-4-5-15(11-17)12-22-3/h4-11,14H,12-13H2,1-3H3,(H,20,21). The van der Waals surface area contributed by atoms with Crippen LogP contribution in [0.5, 0.6) is 5.75 Å². The van der Waals surface area contributed by atoms with E-state index in [1.165, 1.54) is 5.56 Å². The van der Waals surface area contributed by atoms with Gasteiger partial charge in [0.15, 0.2) is 6.61 Å². The molecule has 2 rings (SSSR count). The Balaban J connectivity index is 1.86. The van der Waals surface area contributed by atoms with E-state index in [0.717, 1.165) is 11.3 Å². The maximum Gasteiger partial charge on any atom is 0.262 e. The molecule has 0 aliphatic heterocycles. The molecule has 0 bridgehead atoms. The molecule has 0 spiro atoms. The van der Waals surface area contributed by atoms with Crippen molar-refractivity contribution in [1.29, 1.82) is 0 Å². The first kappa shape index (κ1) is 17.0. The molecule has 0 radical (unpaired) electrons. The summed E-state index contributed by atoms with van der Waals surface area (Å²) in [5.41, 5.74) is 3.00. The number of carbonyl (C=O) groups is 1. The van der Waals surface area contributed by atoms with Gasteiger partial charge in [0, 0.05) is 12.8 Å². The Morgan fingerprint density at radius 1 is 1.13 bits per heavy atom. The Kier molecular flexibility index (Phi) is 6.18. The van der Waals surface area contributed by atoms with Gasteiger partial charge in [-0.25, -0.2) is 0 Å². The summed E-state index contributed by atoms with van der Waals surface area (Å²) in [6, 6.07) is 15.4. The zero-order chi connectivity index (χ0) is 16.7. The second kappa shape index (κ2) is 8.34. The molecule has 4 nitrogen and oxygen atoms in total. The van der Waals surface area contributed by atoms with Crippen molar-refractivity contribution in [2.45, 2.75) is 26.4 Å². The SMILES string of the molecule is COCc1cccc(NC(=O)COc2ccc(C(C)C)cc2)c1. The van der Waals surface area contributed by atoms with E-state index in [9.17, 15) is 4.79 Å². The second-order valence-corrected chi connectivity index (χ2v) is 5.69. The van der Waals surface area contributed by atoms with Gasteiger partial charge in [-0.3, -0.25) is 4.79 Å². The summed E-state index contributed by atoms with van der Waals surface area (Å²) >= 11 is 0. The van der Waals surface area contributed by atoms with Crippen molar-refractivity contribution in [1.82, 2.24) is 0 Å². The molecule has 0 saturated carbocycles. The van der Waals surface area contributed by atoms with E-state index in [2.05, 4.69) is 19.2 Å². The lowest BCUT2D eigenvalue weighted by Gasteiger charge is -2.10. The molecular weight excluding hydrogens is 290 g/mol. The molecule has 2 aromatic rings. The number of hydrogen-bond acceptors (Lipinski definition) is 3. The van der Waals surface area contributed by atoms with Gasteiger partial charge in [0.25, 0.3) is 5.91 Å². The maximum absolute atomic E-state index is 12.0. The first-order valence-corrected chi connectivity index (χ1v) is 7.69.